The summed E-state index contributed by atoms with van der Waals surface area (Å²) in [6.45, 7) is 0. The molecule has 4 nitrogen and oxygen atoms in total. The Balaban J connectivity index is 2.39. The standard InChI is InChI=1S/C11H7F3O4/c12-11(13,14)7-4-2-1-3-6(7)10-17-8(15)5-9(16)18-10/h1-4,10H,5H2. The molecule has 0 atom stereocenters. The predicted molar refractivity (Wildman–Crippen MR) is 51.0 cm³/mol. The molecular formula is C11H7F3O4. The minimum Gasteiger partial charge on any atom is -0.420 e. The van der Waals surface area contributed by atoms with Gasteiger partial charge < -0.3 is 9.47 Å². The van der Waals surface area contributed by atoms with Gasteiger partial charge in [0.2, 0.25) is 0 Å². The molecular weight excluding hydrogens is 253 g/mol. The average molecular weight is 260 g/mol. The van der Waals surface area contributed by atoms with Gasteiger partial charge in [-0.2, -0.15) is 13.2 Å². The molecule has 0 aliphatic carbocycles. The summed E-state index contributed by atoms with van der Waals surface area (Å²) in [5.41, 5.74) is -1.40. The third kappa shape index (κ3) is 2.44. The van der Waals surface area contributed by atoms with Gasteiger partial charge in [-0.25, -0.2) is 0 Å². The zero-order valence-electron chi connectivity index (χ0n) is 8.86. The van der Waals surface area contributed by atoms with Crippen LogP contribution in [0.25, 0.3) is 0 Å². The minimum atomic E-state index is -4.62. The molecule has 0 aromatic heterocycles. The Morgan fingerprint density at radius 3 is 2.17 bits per heavy atom. The highest BCUT2D eigenvalue weighted by Crippen LogP contribution is 2.37. The van der Waals surface area contributed by atoms with Crippen LogP contribution in [0.5, 0.6) is 0 Å². The van der Waals surface area contributed by atoms with E-state index in [1.54, 1.807) is 0 Å². The van der Waals surface area contributed by atoms with E-state index in [-0.39, 0.29) is 0 Å². The number of alkyl halides is 3. The summed E-state index contributed by atoms with van der Waals surface area (Å²) in [7, 11) is 0. The Kier molecular flexibility index (Phi) is 2.98. The number of rotatable bonds is 1. The van der Waals surface area contributed by atoms with Crippen molar-refractivity contribution >= 4 is 11.9 Å². The lowest BCUT2D eigenvalue weighted by atomic mass is 10.1. The van der Waals surface area contributed by atoms with Gasteiger partial charge in [0.15, 0.2) is 0 Å². The lowest BCUT2D eigenvalue weighted by Gasteiger charge is -2.24. The van der Waals surface area contributed by atoms with E-state index in [9.17, 15) is 22.8 Å². The maximum atomic E-state index is 12.7. The summed E-state index contributed by atoms with van der Waals surface area (Å²) in [4.78, 5) is 22.0. The van der Waals surface area contributed by atoms with Crippen LogP contribution in [0.4, 0.5) is 13.2 Å². The van der Waals surface area contributed by atoms with Crippen molar-refractivity contribution in [2.75, 3.05) is 0 Å². The Morgan fingerprint density at radius 1 is 1.06 bits per heavy atom. The third-order valence-corrected chi connectivity index (χ3v) is 2.29. The lowest BCUT2D eigenvalue weighted by Crippen LogP contribution is -2.28. The number of cyclic esters (lactones) is 2. The maximum Gasteiger partial charge on any atom is 0.416 e. The van der Waals surface area contributed by atoms with Crippen LogP contribution < -0.4 is 0 Å². The van der Waals surface area contributed by atoms with Gasteiger partial charge in [-0.15, -0.1) is 0 Å². The molecule has 0 bridgehead atoms. The van der Waals surface area contributed by atoms with Gasteiger partial charge in [0, 0.05) is 5.56 Å². The molecule has 1 heterocycles. The topological polar surface area (TPSA) is 52.6 Å². The highest BCUT2D eigenvalue weighted by atomic mass is 19.4. The van der Waals surface area contributed by atoms with E-state index in [4.69, 9.17) is 0 Å². The van der Waals surface area contributed by atoms with Crippen molar-refractivity contribution < 1.29 is 32.2 Å². The van der Waals surface area contributed by atoms with E-state index in [1.165, 1.54) is 12.1 Å². The largest absolute Gasteiger partial charge is 0.420 e. The van der Waals surface area contributed by atoms with Crippen molar-refractivity contribution in [1.29, 1.82) is 0 Å². The summed E-state index contributed by atoms with van der Waals surface area (Å²) < 4.78 is 47.3. The molecule has 1 aromatic rings. The lowest BCUT2D eigenvalue weighted by molar-refractivity contribution is -0.207. The second-order valence-electron chi connectivity index (χ2n) is 3.57. The van der Waals surface area contributed by atoms with Gasteiger partial charge in [0.1, 0.15) is 6.42 Å². The third-order valence-electron chi connectivity index (χ3n) is 2.29. The first-order valence-corrected chi connectivity index (χ1v) is 4.93. The van der Waals surface area contributed by atoms with E-state index in [1.807, 2.05) is 0 Å². The van der Waals surface area contributed by atoms with Crippen molar-refractivity contribution in [2.45, 2.75) is 18.9 Å². The number of esters is 2. The van der Waals surface area contributed by atoms with E-state index >= 15 is 0 Å². The van der Waals surface area contributed by atoms with Crippen molar-refractivity contribution in [3.63, 3.8) is 0 Å². The molecule has 0 saturated carbocycles. The Hall–Kier alpha value is -2.05. The predicted octanol–water partition coefficient (Wildman–Crippen LogP) is 2.19. The molecule has 1 fully saturated rings. The molecule has 2 rings (SSSR count). The molecule has 1 aromatic carbocycles. The SMILES string of the molecule is O=C1CC(=O)OC(c2ccccc2C(F)(F)F)O1. The van der Waals surface area contributed by atoms with Gasteiger partial charge in [-0.3, -0.25) is 9.59 Å². The number of halogens is 3. The van der Waals surface area contributed by atoms with Crippen LogP contribution in [-0.4, -0.2) is 11.9 Å². The number of benzene rings is 1. The molecule has 1 aliphatic rings. The van der Waals surface area contributed by atoms with Crippen LogP contribution in [-0.2, 0) is 25.2 Å². The van der Waals surface area contributed by atoms with E-state index < -0.39 is 42.0 Å². The number of hydrogen-bond donors (Lipinski definition) is 0. The number of carbonyl (C=O) groups is 2. The van der Waals surface area contributed by atoms with Gasteiger partial charge >= 0.3 is 18.1 Å². The zero-order chi connectivity index (χ0) is 13.3. The highest BCUT2D eigenvalue weighted by Gasteiger charge is 2.39. The summed E-state index contributed by atoms with van der Waals surface area (Å²) >= 11 is 0. The summed E-state index contributed by atoms with van der Waals surface area (Å²) in [5.74, 6) is -1.82. The van der Waals surface area contributed by atoms with Gasteiger partial charge in [-0.05, 0) is 6.07 Å². The van der Waals surface area contributed by atoms with Crippen LogP contribution in [0.15, 0.2) is 24.3 Å². The molecule has 1 saturated heterocycles. The van der Waals surface area contributed by atoms with Crippen LogP contribution >= 0.6 is 0 Å². The molecule has 0 N–H and O–H groups in total. The van der Waals surface area contributed by atoms with E-state index in [0.29, 0.717) is 0 Å². The summed E-state index contributed by atoms with van der Waals surface area (Å²) in [6.07, 6.45) is -6.85. The molecule has 0 radical (unpaired) electrons. The second kappa shape index (κ2) is 4.32. The van der Waals surface area contributed by atoms with Crippen molar-refractivity contribution in [3.05, 3.63) is 35.4 Å². The van der Waals surface area contributed by atoms with Crippen LogP contribution in [0.3, 0.4) is 0 Å². The van der Waals surface area contributed by atoms with Crippen molar-refractivity contribution in [3.8, 4) is 0 Å². The highest BCUT2D eigenvalue weighted by molar-refractivity contribution is 5.92. The van der Waals surface area contributed by atoms with Crippen LogP contribution in [0.2, 0.25) is 0 Å². The normalized spacial score (nSPS) is 17.3. The van der Waals surface area contributed by atoms with E-state index in [0.717, 1.165) is 12.1 Å². The van der Waals surface area contributed by atoms with Gasteiger partial charge in [-0.1, -0.05) is 18.2 Å². The van der Waals surface area contributed by atoms with Crippen molar-refractivity contribution in [1.82, 2.24) is 0 Å². The van der Waals surface area contributed by atoms with Crippen LogP contribution in [0.1, 0.15) is 23.8 Å². The fourth-order valence-electron chi connectivity index (χ4n) is 1.55. The molecule has 96 valence electrons. The number of hydrogen-bond acceptors (Lipinski definition) is 4. The second-order valence-corrected chi connectivity index (χ2v) is 3.57. The number of carbonyl (C=O) groups excluding carboxylic acids is 2. The Labute approximate surface area is 99.3 Å². The molecule has 0 amide bonds. The fraction of sp³-hybridized carbons (Fsp3) is 0.273. The monoisotopic (exact) mass is 260 g/mol. The van der Waals surface area contributed by atoms with Crippen LogP contribution in [0, 0.1) is 0 Å². The maximum absolute atomic E-state index is 12.7. The molecule has 7 heteroatoms. The first-order valence-electron chi connectivity index (χ1n) is 4.93. The van der Waals surface area contributed by atoms with E-state index in [2.05, 4.69) is 9.47 Å². The van der Waals surface area contributed by atoms with Gasteiger partial charge in [0.05, 0.1) is 5.56 Å². The summed E-state index contributed by atoms with van der Waals surface area (Å²) in [5, 5.41) is 0. The molecule has 1 aliphatic heterocycles. The zero-order valence-corrected chi connectivity index (χ0v) is 8.86. The first kappa shape index (κ1) is 12.4. The van der Waals surface area contributed by atoms with Crippen molar-refractivity contribution in [2.24, 2.45) is 0 Å². The Morgan fingerprint density at radius 2 is 1.61 bits per heavy atom. The molecule has 18 heavy (non-hydrogen) atoms. The molecule has 0 spiro atoms. The smallest absolute Gasteiger partial charge is 0.416 e. The average Bonchev–Trinajstić information content (AvgIpc) is 2.26. The van der Waals surface area contributed by atoms with Gasteiger partial charge in [0.25, 0.3) is 6.29 Å². The Bertz CT molecular complexity index is 479. The quantitative estimate of drug-likeness (QED) is 0.573. The minimum absolute atomic E-state index is 0.397. The summed E-state index contributed by atoms with van der Waals surface area (Å²) in [6, 6.07) is 4.45. The first-order chi connectivity index (χ1) is 8.38. The fourth-order valence-corrected chi connectivity index (χ4v) is 1.55. The number of ether oxygens (including phenoxy) is 2. The molecule has 0 unspecified atom stereocenters.